The second kappa shape index (κ2) is 38.9. The van der Waals surface area contributed by atoms with Crippen LogP contribution in [0.5, 0.6) is 0 Å². The van der Waals surface area contributed by atoms with E-state index in [0.29, 0.717) is 12.8 Å². The first-order valence-corrected chi connectivity index (χ1v) is 23.2. The van der Waals surface area contributed by atoms with E-state index in [1.807, 2.05) is 6.08 Å². The normalized spacial score (nSPS) is 15.1. The third-order valence-corrected chi connectivity index (χ3v) is 10.5. The SMILES string of the molecule is CCCCC/C=C\CCCCCC(O)CC(=O)NC(COP(=O)(O)OCCN)C(O)/C=C/CC/C=C/CCCCCCCCCCCCCCCCC. The van der Waals surface area contributed by atoms with Crippen LogP contribution < -0.4 is 11.1 Å². The van der Waals surface area contributed by atoms with E-state index in [4.69, 9.17) is 14.8 Å². The standard InChI is InChI=1S/C43H83N2O7P/c1-3-5-7-9-11-13-15-16-17-18-19-20-21-22-23-24-25-27-29-31-33-35-42(47)41(39-52-53(49,50)51-37-36-44)45-43(48)38-40(46)34-32-30-28-26-14-12-10-8-6-4-2/h12,14,25,27,33,35,40-42,46-47H,3-11,13,15-24,26,28-32,34,36-39,44H2,1-2H3,(H,45,48)(H,49,50)/b14-12-,27-25+,35-33+. The summed E-state index contributed by atoms with van der Waals surface area (Å²) in [6.07, 6.45) is 42.5. The molecule has 9 nitrogen and oxygen atoms in total. The molecule has 0 aliphatic heterocycles. The number of rotatable bonds is 40. The Labute approximate surface area is 325 Å². The van der Waals surface area contributed by atoms with Gasteiger partial charge in [0, 0.05) is 6.54 Å². The van der Waals surface area contributed by atoms with Gasteiger partial charge in [0.2, 0.25) is 5.91 Å². The van der Waals surface area contributed by atoms with Crippen LogP contribution in [-0.2, 0) is 18.4 Å². The number of phosphoric acid groups is 1. The molecule has 0 fully saturated rings. The van der Waals surface area contributed by atoms with E-state index in [-0.39, 0.29) is 19.6 Å². The molecule has 0 aliphatic carbocycles. The van der Waals surface area contributed by atoms with Crippen molar-refractivity contribution in [3.8, 4) is 0 Å². The molecule has 0 spiro atoms. The Morgan fingerprint density at radius 2 is 1.08 bits per heavy atom. The van der Waals surface area contributed by atoms with E-state index >= 15 is 0 Å². The van der Waals surface area contributed by atoms with Gasteiger partial charge in [-0.3, -0.25) is 13.8 Å². The zero-order valence-corrected chi connectivity index (χ0v) is 35.0. The highest BCUT2D eigenvalue weighted by Gasteiger charge is 2.27. The molecule has 0 saturated carbocycles. The van der Waals surface area contributed by atoms with Crippen LogP contribution in [0.15, 0.2) is 36.5 Å². The molecule has 6 N–H and O–H groups in total. The molecule has 0 radical (unpaired) electrons. The number of unbranched alkanes of at least 4 members (excludes halogenated alkanes) is 22. The van der Waals surface area contributed by atoms with Crippen LogP contribution in [0.2, 0.25) is 0 Å². The number of hydrogen-bond acceptors (Lipinski definition) is 7. The topological polar surface area (TPSA) is 151 Å². The average Bonchev–Trinajstić information content (AvgIpc) is 3.13. The van der Waals surface area contributed by atoms with Gasteiger partial charge < -0.3 is 26.2 Å². The van der Waals surface area contributed by atoms with Gasteiger partial charge in [0.1, 0.15) is 0 Å². The summed E-state index contributed by atoms with van der Waals surface area (Å²) in [5.74, 6) is -0.467. The highest BCUT2D eigenvalue weighted by atomic mass is 31.2. The lowest BCUT2D eigenvalue weighted by Gasteiger charge is -2.24. The average molecular weight is 771 g/mol. The van der Waals surface area contributed by atoms with Gasteiger partial charge in [0.05, 0.1) is 37.9 Å². The number of carbonyl (C=O) groups is 1. The molecule has 0 aromatic carbocycles. The summed E-state index contributed by atoms with van der Waals surface area (Å²) < 4.78 is 22.0. The summed E-state index contributed by atoms with van der Waals surface area (Å²) in [5.41, 5.74) is 5.35. The number of phosphoric ester groups is 1. The number of nitrogens with one attached hydrogen (secondary N) is 1. The maximum Gasteiger partial charge on any atom is 0.472 e. The number of aliphatic hydroxyl groups is 2. The monoisotopic (exact) mass is 771 g/mol. The highest BCUT2D eigenvalue weighted by Crippen LogP contribution is 2.43. The fourth-order valence-electron chi connectivity index (χ4n) is 6.19. The molecule has 0 bridgehead atoms. The highest BCUT2D eigenvalue weighted by molar-refractivity contribution is 7.47. The van der Waals surface area contributed by atoms with E-state index in [0.717, 1.165) is 44.9 Å². The molecule has 10 heteroatoms. The van der Waals surface area contributed by atoms with Gasteiger partial charge in [-0.25, -0.2) is 4.57 Å². The summed E-state index contributed by atoms with van der Waals surface area (Å²) >= 11 is 0. The molecule has 0 aromatic heterocycles. The zero-order chi connectivity index (χ0) is 39.1. The van der Waals surface area contributed by atoms with Crippen LogP contribution in [0.25, 0.3) is 0 Å². The van der Waals surface area contributed by atoms with Crippen molar-refractivity contribution in [2.75, 3.05) is 19.8 Å². The predicted octanol–water partition coefficient (Wildman–Crippen LogP) is 10.9. The van der Waals surface area contributed by atoms with Gasteiger partial charge in [-0.15, -0.1) is 0 Å². The van der Waals surface area contributed by atoms with Crippen molar-refractivity contribution < 1.29 is 33.5 Å². The van der Waals surface area contributed by atoms with Crippen LogP contribution in [-0.4, -0.2) is 59.0 Å². The number of amides is 1. The smallest absolute Gasteiger partial charge is 0.393 e. The van der Waals surface area contributed by atoms with E-state index < -0.39 is 38.6 Å². The van der Waals surface area contributed by atoms with E-state index in [2.05, 4.69) is 43.5 Å². The number of nitrogens with two attached hydrogens (primary N) is 1. The Bertz CT molecular complexity index is 946. The van der Waals surface area contributed by atoms with E-state index in [9.17, 15) is 24.5 Å². The lowest BCUT2D eigenvalue weighted by Crippen LogP contribution is -2.46. The Kier molecular flexibility index (Phi) is 38.0. The minimum absolute atomic E-state index is 0.0427. The number of aliphatic hydroxyl groups excluding tert-OH is 2. The summed E-state index contributed by atoms with van der Waals surface area (Å²) in [6, 6.07) is -1.00. The third kappa shape index (κ3) is 37.4. The van der Waals surface area contributed by atoms with Crippen LogP contribution in [0.3, 0.4) is 0 Å². The predicted molar refractivity (Wildman–Crippen MR) is 223 cm³/mol. The molecule has 0 heterocycles. The van der Waals surface area contributed by atoms with Gasteiger partial charge in [0.25, 0.3) is 0 Å². The van der Waals surface area contributed by atoms with Gasteiger partial charge in [-0.2, -0.15) is 0 Å². The molecular formula is C43H83N2O7P. The van der Waals surface area contributed by atoms with Crippen molar-refractivity contribution >= 4 is 13.7 Å². The minimum atomic E-state index is -4.41. The molecule has 4 atom stereocenters. The quantitative estimate of drug-likeness (QED) is 0.0235. The molecular weight excluding hydrogens is 687 g/mol. The van der Waals surface area contributed by atoms with Gasteiger partial charge in [-0.05, 0) is 57.8 Å². The van der Waals surface area contributed by atoms with E-state index in [1.54, 1.807) is 6.08 Å². The molecule has 312 valence electrons. The summed E-state index contributed by atoms with van der Waals surface area (Å²) in [6.45, 7) is 3.91. The zero-order valence-electron chi connectivity index (χ0n) is 34.1. The van der Waals surface area contributed by atoms with Crippen molar-refractivity contribution in [1.29, 1.82) is 0 Å². The maximum atomic E-state index is 12.8. The van der Waals surface area contributed by atoms with Crippen molar-refractivity contribution in [3.63, 3.8) is 0 Å². The third-order valence-electron chi connectivity index (χ3n) is 9.49. The molecule has 0 aliphatic rings. The Morgan fingerprint density at radius 3 is 1.60 bits per heavy atom. The molecule has 4 unspecified atom stereocenters. The van der Waals surface area contributed by atoms with Crippen LogP contribution in [0, 0.1) is 0 Å². The fourth-order valence-corrected chi connectivity index (χ4v) is 6.95. The summed E-state index contributed by atoms with van der Waals surface area (Å²) in [7, 11) is -4.41. The maximum absolute atomic E-state index is 12.8. The van der Waals surface area contributed by atoms with Gasteiger partial charge in [-0.1, -0.05) is 166 Å². The first-order valence-electron chi connectivity index (χ1n) is 21.7. The molecule has 0 rings (SSSR count). The second-order valence-electron chi connectivity index (χ2n) is 14.7. The summed E-state index contributed by atoms with van der Waals surface area (Å²) in [4.78, 5) is 22.7. The Balaban J connectivity index is 4.34. The van der Waals surface area contributed by atoms with Crippen molar-refractivity contribution in [2.24, 2.45) is 5.73 Å². The largest absolute Gasteiger partial charge is 0.472 e. The fraction of sp³-hybridized carbons (Fsp3) is 0.837. The van der Waals surface area contributed by atoms with Crippen molar-refractivity contribution in [3.05, 3.63) is 36.5 Å². The first kappa shape index (κ1) is 51.7. The lowest BCUT2D eigenvalue weighted by atomic mass is 10.0. The van der Waals surface area contributed by atoms with E-state index in [1.165, 1.54) is 116 Å². The molecule has 0 saturated heterocycles. The number of hydrogen-bond donors (Lipinski definition) is 5. The van der Waals surface area contributed by atoms with Crippen molar-refractivity contribution in [1.82, 2.24) is 5.32 Å². The second-order valence-corrected chi connectivity index (χ2v) is 16.2. The Morgan fingerprint density at radius 1 is 0.642 bits per heavy atom. The van der Waals surface area contributed by atoms with Crippen molar-refractivity contribution in [2.45, 2.75) is 212 Å². The minimum Gasteiger partial charge on any atom is -0.393 e. The first-order chi connectivity index (χ1) is 25.8. The number of carbonyl (C=O) groups excluding carboxylic acids is 1. The van der Waals surface area contributed by atoms with Crippen LogP contribution in [0.4, 0.5) is 0 Å². The molecule has 53 heavy (non-hydrogen) atoms. The number of allylic oxidation sites excluding steroid dienone is 5. The van der Waals surface area contributed by atoms with Crippen LogP contribution >= 0.6 is 7.82 Å². The van der Waals surface area contributed by atoms with Gasteiger partial charge >= 0.3 is 7.82 Å². The molecule has 0 aromatic rings. The van der Waals surface area contributed by atoms with Crippen LogP contribution in [0.1, 0.15) is 194 Å². The van der Waals surface area contributed by atoms with Gasteiger partial charge in [0.15, 0.2) is 0 Å². The lowest BCUT2D eigenvalue weighted by molar-refractivity contribution is -0.124. The summed E-state index contributed by atoms with van der Waals surface area (Å²) in [5, 5.41) is 23.9. The molecule has 1 amide bonds. The Hall–Kier alpha value is -1.32.